The van der Waals surface area contributed by atoms with Gasteiger partial charge < -0.3 is 16.2 Å². The molecule has 6 nitrogen and oxygen atoms in total. The third-order valence-corrected chi connectivity index (χ3v) is 5.37. The molecule has 0 bridgehead atoms. The third kappa shape index (κ3) is 4.23. The van der Waals surface area contributed by atoms with E-state index in [9.17, 15) is 19.1 Å². The number of rotatable bonds is 5. The maximum absolute atomic E-state index is 14.6. The Morgan fingerprint density at radius 2 is 1.97 bits per heavy atom. The molecule has 1 saturated carbocycles. The number of carbonyl (C=O) groups excluding carboxylic acids is 2. The Balaban J connectivity index is 1.86. The van der Waals surface area contributed by atoms with Crippen LogP contribution in [0, 0.1) is 5.82 Å². The number of nitrogens with one attached hydrogen (secondary N) is 1. The van der Waals surface area contributed by atoms with Gasteiger partial charge in [-0.25, -0.2) is 4.39 Å². The fourth-order valence-corrected chi connectivity index (χ4v) is 3.56. The zero-order chi connectivity index (χ0) is 21.6. The molecule has 0 radical (unpaired) electrons. The highest BCUT2D eigenvalue weighted by Crippen LogP contribution is 2.51. The van der Waals surface area contributed by atoms with Crippen LogP contribution in [0.1, 0.15) is 67.7 Å². The second-order valence-corrected chi connectivity index (χ2v) is 8.94. The molecule has 1 aromatic carbocycles. The number of nitrogens with zero attached hydrogens (tertiary/aromatic N) is 1. The van der Waals surface area contributed by atoms with Crippen molar-refractivity contribution in [2.24, 2.45) is 5.73 Å². The largest absolute Gasteiger partial charge is 0.508 e. The molecule has 0 saturated heterocycles. The lowest BCUT2D eigenvalue weighted by Gasteiger charge is -2.24. The number of phenols is 1. The van der Waals surface area contributed by atoms with E-state index in [0.717, 1.165) is 12.8 Å². The number of hydrogen-bond acceptors (Lipinski definition) is 4. The van der Waals surface area contributed by atoms with Gasteiger partial charge in [-0.3, -0.25) is 14.6 Å². The Morgan fingerprint density at radius 1 is 1.31 bits per heavy atom. The molecule has 1 fully saturated rings. The van der Waals surface area contributed by atoms with Crippen LogP contribution in [0.25, 0.3) is 0 Å². The predicted octanol–water partition coefficient (Wildman–Crippen LogP) is 3.56. The average Bonchev–Trinajstić information content (AvgIpc) is 3.35. The summed E-state index contributed by atoms with van der Waals surface area (Å²) in [6.45, 7) is 7.60. The van der Waals surface area contributed by atoms with E-state index >= 15 is 0 Å². The minimum Gasteiger partial charge on any atom is -0.508 e. The van der Waals surface area contributed by atoms with Crippen molar-refractivity contribution in [3.05, 3.63) is 52.6 Å². The average molecular weight is 399 g/mol. The second-order valence-electron chi connectivity index (χ2n) is 8.94. The van der Waals surface area contributed by atoms with Crippen molar-refractivity contribution in [1.82, 2.24) is 4.98 Å². The molecule has 2 aromatic rings. The molecule has 3 rings (SSSR count). The number of halogens is 1. The van der Waals surface area contributed by atoms with Crippen molar-refractivity contribution < 1.29 is 19.1 Å². The highest BCUT2D eigenvalue weighted by atomic mass is 19.1. The third-order valence-electron chi connectivity index (χ3n) is 5.37. The number of amides is 2. The summed E-state index contributed by atoms with van der Waals surface area (Å²) in [6, 6.07) is 4.22. The standard InChI is InChI=1S/C22H26FN3O3/c1-21(2,3)18-15(5-8-25-19(18)20(24)29)26-17(28)10-12-9-16(27)13(11-14(12)23)22(4)6-7-22/h5,8-9,11,27H,6-7,10H2,1-4H3,(H2,24,29)(H,25,26,28). The molecule has 4 N–H and O–H groups in total. The van der Waals surface area contributed by atoms with E-state index in [2.05, 4.69) is 10.3 Å². The van der Waals surface area contributed by atoms with Gasteiger partial charge in [0.1, 0.15) is 17.3 Å². The highest BCUT2D eigenvalue weighted by molar-refractivity contribution is 5.98. The number of nitrogens with two attached hydrogens (primary N) is 1. The van der Waals surface area contributed by atoms with E-state index in [0.29, 0.717) is 16.8 Å². The van der Waals surface area contributed by atoms with Gasteiger partial charge in [0.15, 0.2) is 0 Å². The van der Waals surface area contributed by atoms with Crippen LogP contribution in [0.2, 0.25) is 0 Å². The Morgan fingerprint density at radius 3 is 2.52 bits per heavy atom. The van der Waals surface area contributed by atoms with Crippen LogP contribution in [-0.4, -0.2) is 21.9 Å². The Kier molecular flexibility index (Phi) is 5.11. The number of hydrogen-bond donors (Lipinski definition) is 3. The van der Waals surface area contributed by atoms with Gasteiger partial charge in [-0.05, 0) is 41.9 Å². The van der Waals surface area contributed by atoms with Gasteiger partial charge in [-0.1, -0.05) is 27.7 Å². The lowest BCUT2D eigenvalue weighted by Crippen LogP contribution is -2.26. The number of anilines is 1. The van der Waals surface area contributed by atoms with Crippen molar-refractivity contribution in [2.75, 3.05) is 5.32 Å². The van der Waals surface area contributed by atoms with E-state index in [-0.39, 0.29) is 28.8 Å². The summed E-state index contributed by atoms with van der Waals surface area (Å²) < 4.78 is 14.6. The summed E-state index contributed by atoms with van der Waals surface area (Å²) in [4.78, 5) is 28.4. The zero-order valence-corrected chi connectivity index (χ0v) is 17.1. The minimum atomic E-state index is -0.689. The van der Waals surface area contributed by atoms with Crippen molar-refractivity contribution in [3.63, 3.8) is 0 Å². The van der Waals surface area contributed by atoms with E-state index in [4.69, 9.17) is 5.73 Å². The van der Waals surface area contributed by atoms with E-state index < -0.39 is 23.0 Å². The first kappa shape index (κ1) is 20.8. The van der Waals surface area contributed by atoms with Crippen molar-refractivity contribution >= 4 is 17.5 Å². The van der Waals surface area contributed by atoms with Crippen LogP contribution < -0.4 is 11.1 Å². The van der Waals surface area contributed by atoms with Crippen molar-refractivity contribution in [2.45, 2.75) is 57.8 Å². The molecule has 1 aliphatic carbocycles. The number of aromatic nitrogens is 1. The summed E-state index contributed by atoms with van der Waals surface area (Å²) >= 11 is 0. The summed E-state index contributed by atoms with van der Waals surface area (Å²) in [6.07, 6.45) is 2.94. The lowest BCUT2D eigenvalue weighted by atomic mass is 9.84. The smallest absolute Gasteiger partial charge is 0.267 e. The van der Waals surface area contributed by atoms with Gasteiger partial charge in [0.2, 0.25) is 5.91 Å². The summed E-state index contributed by atoms with van der Waals surface area (Å²) in [5, 5.41) is 13.0. The molecule has 7 heteroatoms. The molecule has 0 unspecified atom stereocenters. The van der Waals surface area contributed by atoms with Gasteiger partial charge in [0.25, 0.3) is 5.91 Å². The second kappa shape index (κ2) is 7.13. The summed E-state index contributed by atoms with van der Waals surface area (Å²) in [7, 11) is 0. The molecule has 154 valence electrons. The first-order valence-corrected chi connectivity index (χ1v) is 9.53. The van der Waals surface area contributed by atoms with E-state index in [1.54, 1.807) is 6.07 Å². The van der Waals surface area contributed by atoms with Crippen LogP contribution in [0.3, 0.4) is 0 Å². The van der Waals surface area contributed by atoms with Crippen molar-refractivity contribution in [1.29, 1.82) is 0 Å². The van der Waals surface area contributed by atoms with Crippen LogP contribution in [-0.2, 0) is 22.0 Å². The fraction of sp³-hybridized carbons (Fsp3) is 0.409. The number of primary amides is 1. The Hall–Kier alpha value is -2.96. The van der Waals surface area contributed by atoms with Crippen LogP contribution in [0.4, 0.5) is 10.1 Å². The molecule has 1 heterocycles. The van der Waals surface area contributed by atoms with Gasteiger partial charge in [0.05, 0.1) is 6.42 Å². The molecule has 2 amide bonds. The summed E-state index contributed by atoms with van der Waals surface area (Å²) in [5.74, 6) is -1.68. The normalized spacial score (nSPS) is 15.1. The molecule has 29 heavy (non-hydrogen) atoms. The fourth-order valence-electron chi connectivity index (χ4n) is 3.56. The SMILES string of the molecule is CC(C)(C)c1c(NC(=O)Cc2cc(O)c(C3(C)CC3)cc2F)ccnc1C(N)=O. The van der Waals surface area contributed by atoms with E-state index in [1.807, 2.05) is 27.7 Å². The first-order valence-electron chi connectivity index (χ1n) is 9.53. The molecule has 0 aliphatic heterocycles. The Labute approximate surface area is 169 Å². The van der Waals surface area contributed by atoms with Crippen LogP contribution in [0.15, 0.2) is 24.4 Å². The molecule has 0 atom stereocenters. The number of benzene rings is 1. The van der Waals surface area contributed by atoms with Gasteiger partial charge >= 0.3 is 0 Å². The monoisotopic (exact) mass is 399 g/mol. The topological polar surface area (TPSA) is 105 Å². The maximum atomic E-state index is 14.6. The number of phenolic OH excluding ortho intramolecular Hbond substituents is 1. The number of pyridine rings is 1. The molecule has 0 spiro atoms. The zero-order valence-electron chi connectivity index (χ0n) is 17.1. The van der Waals surface area contributed by atoms with Crippen LogP contribution >= 0.6 is 0 Å². The van der Waals surface area contributed by atoms with Gasteiger partial charge in [0, 0.05) is 28.6 Å². The molecule has 1 aliphatic rings. The Bertz CT molecular complexity index is 992. The quantitative estimate of drug-likeness (QED) is 0.715. The van der Waals surface area contributed by atoms with Gasteiger partial charge in [-0.15, -0.1) is 0 Å². The summed E-state index contributed by atoms with van der Waals surface area (Å²) in [5.41, 5.74) is 6.43. The lowest BCUT2D eigenvalue weighted by molar-refractivity contribution is -0.115. The maximum Gasteiger partial charge on any atom is 0.267 e. The minimum absolute atomic E-state index is 0.00417. The molecular formula is C22H26FN3O3. The number of aromatic hydroxyl groups is 1. The number of carbonyl (C=O) groups is 2. The predicted molar refractivity (Wildman–Crippen MR) is 108 cm³/mol. The van der Waals surface area contributed by atoms with Crippen LogP contribution in [0.5, 0.6) is 5.75 Å². The van der Waals surface area contributed by atoms with Gasteiger partial charge in [-0.2, -0.15) is 0 Å². The highest BCUT2D eigenvalue weighted by Gasteiger charge is 2.41. The molecule has 1 aromatic heterocycles. The molecular weight excluding hydrogens is 373 g/mol. The van der Waals surface area contributed by atoms with E-state index in [1.165, 1.54) is 18.3 Å². The van der Waals surface area contributed by atoms with Crippen molar-refractivity contribution in [3.8, 4) is 5.75 Å². The first-order chi connectivity index (χ1) is 13.4.